The summed E-state index contributed by atoms with van der Waals surface area (Å²) in [7, 11) is 0. The fourth-order valence-corrected chi connectivity index (χ4v) is 7.10. The number of hydrogen-bond donors (Lipinski definition) is 0. The topological polar surface area (TPSA) is 23.8 Å². The fraction of sp³-hybridized carbons (Fsp3) is 0.531. The van der Waals surface area contributed by atoms with Gasteiger partial charge >= 0.3 is 0 Å². The molecular weight excluding hydrogens is 474 g/mol. The molecule has 2 aromatic carbocycles. The molecule has 2 saturated carbocycles. The quantitative estimate of drug-likeness (QED) is 0.377. The molecule has 37 heavy (non-hydrogen) atoms. The number of hydrogen-bond acceptors (Lipinski definition) is 1. The van der Waals surface area contributed by atoms with E-state index in [2.05, 4.69) is 6.92 Å². The molecule has 0 aliphatic heterocycles. The minimum Gasteiger partial charge on any atom is -0.206 e. The highest BCUT2D eigenvalue weighted by molar-refractivity contribution is 5.67. The van der Waals surface area contributed by atoms with Crippen molar-refractivity contribution in [1.82, 2.24) is 0 Å². The molecule has 0 saturated heterocycles. The minimum absolute atomic E-state index is 0.0942. The molecule has 3 aliphatic rings. The molecule has 1 atom stereocenters. The summed E-state index contributed by atoms with van der Waals surface area (Å²) in [5, 5.41) is 8.90. The van der Waals surface area contributed by atoms with Crippen LogP contribution in [0.2, 0.25) is 0 Å². The zero-order valence-corrected chi connectivity index (χ0v) is 21.5. The lowest BCUT2D eigenvalue weighted by molar-refractivity contribution is 0.220. The molecule has 1 unspecified atom stereocenters. The van der Waals surface area contributed by atoms with Crippen molar-refractivity contribution in [2.75, 3.05) is 0 Å². The Bertz CT molecular complexity index is 1160. The third kappa shape index (κ3) is 5.49. The number of allylic oxidation sites excluding steroid dienone is 2. The van der Waals surface area contributed by atoms with Gasteiger partial charge in [-0.2, -0.15) is 5.26 Å². The van der Waals surface area contributed by atoms with Gasteiger partial charge in [-0.05, 0) is 128 Å². The van der Waals surface area contributed by atoms with E-state index in [4.69, 9.17) is 5.26 Å². The summed E-state index contributed by atoms with van der Waals surface area (Å²) in [6, 6.07) is 7.35. The van der Waals surface area contributed by atoms with Gasteiger partial charge in [0.1, 0.15) is 34.9 Å². The molecule has 0 heterocycles. The highest BCUT2D eigenvalue weighted by Gasteiger charge is 2.31. The van der Waals surface area contributed by atoms with E-state index in [9.17, 15) is 8.78 Å². The average Bonchev–Trinajstić information content (AvgIpc) is 2.89. The molecule has 3 aliphatic carbocycles. The van der Waals surface area contributed by atoms with Gasteiger partial charge in [0.15, 0.2) is 0 Å². The fourth-order valence-electron chi connectivity index (χ4n) is 7.10. The van der Waals surface area contributed by atoms with Crippen molar-refractivity contribution in [2.45, 2.75) is 89.4 Å². The van der Waals surface area contributed by atoms with Crippen molar-refractivity contribution < 1.29 is 17.6 Å². The zero-order valence-electron chi connectivity index (χ0n) is 21.5. The van der Waals surface area contributed by atoms with Crippen LogP contribution in [0.1, 0.15) is 112 Å². The van der Waals surface area contributed by atoms with Crippen LogP contribution in [0.4, 0.5) is 17.6 Å². The van der Waals surface area contributed by atoms with E-state index >= 15 is 8.78 Å². The van der Waals surface area contributed by atoms with Crippen LogP contribution in [-0.2, 0) is 0 Å². The number of rotatable bonds is 4. The Kier molecular flexibility index (Phi) is 7.75. The van der Waals surface area contributed by atoms with E-state index in [0.29, 0.717) is 29.7 Å². The van der Waals surface area contributed by atoms with Crippen molar-refractivity contribution >= 4 is 5.57 Å². The second kappa shape index (κ2) is 11.0. The number of nitrogens with zero attached hydrogens (tertiary/aromatic N) is 1. The van der Waals surface area contributed by atoms with Crippen LogP contribution in [0, 0.1) is 52.4 Å². The smallest absolute Gasteiger partial charge is 0.144 e. The Morgan fingerprint density at radius 2 is 1.19 bits per heavy atom. The summed E-state index contributed by atoms with van der Waals surface area (Å²) in [5.41, 5.74) is 1.86. The maximum atomic E-state index is 15.1. The van der Waals surface area contributed by atoms with E-state index in [1.807, 2.05) is 6.08 Å². The standard InChI is InChI=1S/C32H35F4N/c1-19-2-4-22(5-3-19)26-16-30(35)32(31(36)17-26)24-12-10-21(11-13-24)20-6-8-23(9-7-20)25-14-28(33)27(18-37)29(34)15-25/h12,14-17,19-23H,2-11,13H2,1H3. The zero-order chi connectivity index (χ0) is 26.1. The minimum atomic E-state index is -0.787. The second-order valence-electron chi connectivity index (χ2n) is 11.7. The molecule has 1 nitrogen and oxygen atoms in total. The highest BCUT2D eigenvalue weighted by Crippen LogP contribution is 2.45. The first-order valence-corrected chi connectivity index (χ1v) is 13.9. The van der Waals surface area contributed by atoms with E-state index in [1.165, 1.54) is 12.1 Å². The molecule has 0 amide bonds. The molecule has 0 radical (unpaired) electrons. The summed E-state index contributed by atoms with van der Waals surface area (Å²) >= 11 is 0. The SMILES string of the molecule is CC1CCC(c2cc(F)c(C3=CCC(C4CCC(c5cc(F)c(C#N)c(F)c5)CC4)CC3)c(F)c2)CC1. The maximum Gasteiger partial charge on any atom is 0.144 e. The first-order chi connectivity index (χ1) is 17.8. The molecule has 5 rings (SSSR count). The first kappa shape index (κ1) is 26.0. The van der Waals surface area contributed by atoms with Crippen LogP contribution < -0.4 is 0 Å². The van der Waals surface area contributed by atoms with E-state index in [-0.39, 0.29) is 17.4 Å². The molecule has 0 N–H and O–H groups in total. The number of benzene rings is 2. The van der Waals surface area contributed by atoms with E-state index < -0.39 is 28.8 Å². The Labute approximate surface area is 217 Å². The Morgan fingerprint density at radius 3 is 1.68 bits per heavy atom. The first-order valence-electron chi connectivity index (χ1n) is 13.9. The molecule has 2 fully saturated rings. The highest BCUT2D eigenvalue weighted by atomic mass is 19.1. The van der Waals surface area contributed by atoms with Gasteiger partial charge in [0.2, 0.25) is 0 Å². The van der Waals surface area contributed by atoms with Crippen molar-refractivity contribution in [3.63, 3.8) is 0 Å². The molecule has 0 aromatic heterocycles. The monoisotopic (exact) mass is 509 g/mol. The molecule has 0 spiro atoms. The van der Waals surface area contributed by atoms with Gasteiger partial charge in [-0.1, -0.05) is 25.8 Å². The third-order valence-electron chi connectivity index (χ3n) is 9.41. The normalized spacial score (nSPS) is 28.4. The molecule has 5 heteroatoms. The van der Waals surface area contributed by atoms with Gasteiger partial charge in [-0.15, -0.1) is 0 Å². The van der Waals surface area contributed by atoms with Gasteiger partial charge < -0.3 is 0 Å². The summed E-state index contributed by atoms with van der Waals surface area (Å²) in [5.74, 6) is -0.412. The lowest BCUT2D eigenvalue weighted by Gasteiger charge is -2.36. The van der Waals surface area contributed by atoms with Crippen LogP contribution in [0.15, 0.2) is 30.3 Å². The van der Waals surface area contributed by atoms with Crippen molar-refractivity contribution in [3.8, 4) is 6.07 Å². The third-order valence-corrected chi connectivity index (χ3v) is 9.41. The summed E-state index contributed by atoms with van der Waals surface area (Å²) in [4.78, 5) is 0. The van der Waals surface area contributed by atoms with E-state index in [0.717, 1.165) is 75.3 Å². The predicted octanol–water partition coefficient (Wildman–Crippen LogP) is 9.57. The predicted molar refractivity (Wildman–Crippen MR) is 138 cm³/mol. The van der Waals surface area contributed by atoms with Gasteiger partial charge in [-0.25, -0.2) is 17.6 Å². The van der Waals surface area contributed by atoms with Crippen LogP contribution in [0.3, 0.4) is 0 Å². The summed E-state index contributed by atoms with van der Waals surface area (Å²) in [6.45, 7) is 2.24. The average molecular weight is 510 g/mol. The Balaban J connectivity index is 1.21. The lowest BCUT2D eigenvalue weighted by atomic mass is 9.70. The molecule has 2 aromatic rings. The number of nitriles is 1. The lowest BCUT2D eigenvalue weighted by Crippen LogP contribution is -2.23. The van der Waals surface area contributed by atoms with Crippen LogP contribution in [-0.4, -0.2) is 0 Å². The Morgan fingerprint density at radius 1 is 0.676 bits per heavy atom. The van der Waals surface area contributed by atoms with Crippen molar-refractivity contribution in [2.24, 2.45) is 17.8 Å². The maximum absolute atomic E-state index is 15.1. The van der Waals surface area contributed by atoms with Crippen molar-refractivity contribution in [3.05, 3.63) is 75.9 Å². The van der Waals surface area contributed by atoms with E-state index in [1.54, 1.807) is 18.2 Å². The van der Waals surface area contributed by atoms with Gasteiger partial charge in [0.25, 0.3) is 0 Å². The molecule has 0 bridgehead atoms. The van der Waals surface area contributed by atoms with Gasteiger partial charge in [-0.3, -0.25) is 0 Å². The largest absolute Gasteiger partial charge is 0.206 e. The molecule has 196 valence electrons. The summed E-state index contributed by atoms with van der Waals surface area (Å²) in [6.07, 6.45) is 12.3. The van der Waals surface area contributed by atoms with Gasteiger partial charge in [0.05, 0.1) is 0 Å². The van der Waals surface area contributed by atoms with Crippen molar-refractivity contribution in [1.29, 1.82) is 5.26 Å². The van der Waals surface area contributed by atoms with Crippen LogP contribution >= 0.6 is 0 Å². The molecular formula is C32H35F4N. The van der Waals surface area contributed by atoms with Gasteiger partial charge in [0, 0.05) is 5.56 Å². The second-order valence-corrected chi connectivity index (χ2v) is 11.7. The summed E-state index contributed by atoms with van der Waals surface area (Å²) < 4.78 is 58.4. The Hall–Kier alpha value is -2.61. The van der Waals surface area contributed by atoms with Crippen LogP contribution in [0.25, 0.3) is 5.57 Å². The number of halogens is 4. The van der Waals surface area contributed by atoms with Crippen LogP contribution in [0.5, 0.6) is 0 Å².